The molecule has 0 saturated carbocycles. The van der Waals surface area contributed by atoms with E-state index in [9.17, 15) is 12.6 Å². The quantitative estimate of drug-likeness (QED) is 0.685. The molecule has 3 aromatic rings. The zero-order valence-corrected chi connectivity index (χ0v) is 16.6. The van der Waals surface area contributed by atoms with E-state index in [1.807, 2.05) is 30.3 Å². The normalized spacial score (nSPS) is 20.1. The third-order valence-electron chi connectivity index (χ3n) is 4.85. The van der Waals surface area contributed by atoms with Gasteiger partial charge in [0.05, 0.1) is 16.4 Å². The summed E-state index contributed by atoms with van der Waals surface area (Å²) in [4.78, 5) is 8.34. The molecule has 3 heterocycles. The third kappa shape index (κ3) is 3.83. The molecule has 1 aliphatic rings. The molecule has 4 rings (SSSR count). The number of sulfone groups is 1. The van der Waals surface area contributed by atoms with Crippen LogP contribution >= 0.6 is 0 Å². The lowest BCUT2D eigenvalue weighted by Gasteiger charge is -2.10. The zero-order valence-electron chi connectivity index (χ0n) is 14.9. The molecule has 8 heteroatoms. The monoisotopic (exact) mass is 403 g/mol. The topological polar surface area (TPSA) is 91.9 Å². The summed E-state index contributed by atoms with van der Waals surface area (Å²) < 4.78 is 38.5. The lowest BCUT2D eigenvalue weighted by molar-refractivity contribution is 0.600. The number of nitrogens with zero attached hydrogens (tertiary/aromatic N) is 1. The van der Waals surface area contributed by atoms with Crippen LogP contribution in [0.1, 0.15) is 19.0 Å². The number of hydrogen-bond donors (Lipinski definition) is 2. The van der Waals surface area contributed by atoms with Gasteiger partial charge in [0.1, 0.15) is 16.6 Å². The van der Waals surface area contributed by atoms with Crippen molar-refractivity contribution in [1.29, 1.82) is 0 Å². The first-order chi connectivity index (χ1) is 12.9. The molecule has 142 valence electrons. The van der Waals surface area contributed by atoms with Crippen LogP contribution in [0.15, 0.2) is 47.5 Å². The SMILES string of the molecule is CCc1cc2c(-c3ccc(S(=O)NC4CCS(=O)(=O)C4)cc3)ccnc2[nH]1. The first-order valence-corrected chi connectivity index (χ1v) is 11.9. The number of H-pyrrole nitrogens is 1. The maximum Gasteiger partial charge on any atom is 0.151 e. The molecule has 1 saturated heterocycles. The van der Waals surface area contributed by atoms with Crippen molar-refractivity contribution in [3.63, 3.8) is 0 Å². The Morgan fingerprint density at radius 2 is 2.04 bits per heavy atom. The van der Waals surface area contributed by atoms with Gasteiger partial charge in [-0.1, -0.05) is 19.1 Å². The van der Waals surface area contributed by atoms with Crippen molar-refractivity contribution in [3.8, 4) is 11.1 Å². The fourth-order valence-electron chi connectivity index (χ4n) is 3.39. The molecule has 2 N–H and O–H groups in total. The smallest absolute Gasteiger partial charge is 0.151 e. The summed E-state index contributed by atoms with van der Waals surface area (Å²) in [5, 5.41) is 1.07. The average molecular weight is 404 g/mol. The highest BCUT2D eigenvalue weighted by Crippen LogP contribution is 2.29. The van der Waals surface area contributed by atoms with Gasteiger partial charge in [0, 0.05) is 23.3 Å². The van der Waals surface area contributed by atoms with Gasteiger partial charge in [-0.15, -0.1) is 0 Å². The van der Waals surface area contributed by atoms with E-state index in [1.165, 1.54) is 0 Å². The van der Waals surface area contributed by atoms with Crippen LogP contribution in [0.2, 0.25) is 0 Å². The Morgan fingerprint density at radius 3 is 2.70 bits per heavy atom. The average Bonchev–Trinajstić information content (AvgIpc) is 3.24. The predicted octanol–water partition coefficient (Wildman–Crippen LogP) is 2.59. The van der Waals surface area contributed by atoms with Gasteiger partial charge in [-0.3, -0.25) is 0 Å². The van der Waals surface area contributed by atoms with Crippen molar-refractivity contribution in [2.75, 3.05) is 11.5 Å². The largest absolute Gasteiger partial charge is 0.343 e. The van der Waals surface area contributed by atoms with Crippen LogP contribution in [0.3, 0.4) is 0 Å². The number of nitrogens with one attached hydrogen (secondary N) is 2. The molecule has 2 unspecified atom stereocenters. The van der Waals surface area contributed by atoms with E-state index < -0.39 is 20.8 Å². The summed E-state index contributed by atoms with van der Waals surface area (Å²) in [6.45, 7) is 2.09. The molecule has 1 aliphatic heterocycles. The molecule has 1 fully saturated rings. The van der Waals surface area contributed by atoms with Crippen LogP contribution in [0, 0.1) is 0 Å². The summed E-state index contributed by atoms with van der Waals surface area (Å²) in [5.41, 5.74) is 4.09. The number of fused-ring (bicyclic) bond motifs is 1. The minimum absolute atomic E-state index is 0.0546. The Hall–Kier alpha value is -2.03. The van der Waals surface area contributed by atoms with Crippen LogP contribution in [-0.2, 0) is 27.2 Å². The fourth-order valence-corrected chi connectivity index (χ4v) is 6.19. The summed E-state index contributed by atoms with van der Waals surface area (Å²) in [6.07, 6.45) is 3.20. The highest BCUT2D eigenvalue weighted by Gasteiger charge is 2.29. The van der Waals surface area contributed by atoms with Gasteiger partial charge >= 0.3 is 0 Å². The molecule has 0 bridgehead atoms. The zero-order chi connectivity index (χ0) is 19.0. The second-order valence-corrected chi connectivity index (χ2v) is 10.3. The van der Waals surface area contributed by atoms with Gasteiger partial charge in [0.25, 0.3) is 0 Å². The number of aryl methyl sites for hydroxylation is 1. The van der Waals surface area contributed by atoms with Crippen molar-refractivity contribution in [3.05, 3.63) is 48.3 Å². The van der Waals surface area contributed by atoms with Crippen molar-refractivity contribution >= 4 is 31.9 Å². The second kappa shape index (κ2) is 7.18. The molecule has 0 radical (unpaired) electrons. The molecule has 1 aromatic carbocycles. The molecule has 27 heavy (non-hydrogen) atoms. The predicted molar refractivity (Wildman–Crippen MR) is 108 cm³/mol. The summed E-state index contributed by atoms with van der Waals surface area (Å²) in [6, 6.07) is 11.4. The number of hydrogen-bond acceptors (Lipinski definition) is 4. The van der Waals surface area contributed by atoms with Gasteiger partial charge < -0.3 is 4.98 Å². The molecule has 2 aromatic heterocycles. The van der Waals surface area contributed by atoms with Gasteiger partial charge in [-0.05, 0) is 48.2 Å². The highest BCUT2D eigenvalue weighted by molar-refractivity contribution is 7.91. The van der Waals surface area contributed by atoms with Gasteiger partial charge in [0.2, 0.25) is 0 Å². The molecule has 6 nitrogen and oxygen atoms in total. The van der Waals surface area contributed by atoms with Crippen LogP contribution in [0.25, 0.3) is 22.2 Å². The highest BCUT2D eigenvalue weighted by atomic mass is 32.2. The van der Waals surface area contributed by atoms with Gasteiger partial charge in [0.15, 0.2) is 9.84 Å². The Kier molecular flexibility index (Phi) is 4.88. The van der Waals surface area contributed by atoms with E-state index in [2.05, 4.69) is 27.7 Å². The summed E-state index contributed by atoms with van der Waals surface area (Å²) in [5.74, 6) is 0.217. The molecule has 0 aliphatic carbocycles. The Bertz CT molecular complexity index is 1100. The molecular weight excluding hydrogens is 382 g/mol. The van der Waals surface area contributed by atoms with Crippen molar-refractivity contribution < 1.29 is 12.6 Å². The van der Waals surface area contributed by atoms with E-state index in [0.717, 1.165) is 34.3 Å². The number of rotatable bonds is 5. The minimum Gasteiger partial charge on any atom is -0.343 e. The Morgan fingerprint density at radius 1 is 1.26 bits per heavy atom. The second-order valence-electron chi connectivity index (χ2n) is 6.78. The number of aromatic amines is 1. The molecular formula is C19H21N3O3S2. The van der Waals surface area contributed by atoms with E-state index >= 15 is 0 Å². The third-order valence-corrected chi connectivity index (χ3v) is 7.87. The van der Waals surface area contributed by atoms with E-state index in [4.69, 9.17) is 0 Å². The molecule has 0 amide bonds. The van der Waals surface area contributed by atoms with Crippen LogP contribution in [0.4, 0.5) is 0 Å². The Balaban J connectivity index is 1.56. The lowest BCUT2D eigenvalue weighted by Crippen LogP contribution is -2.31. The number of aromatic nitrogens is 2. The summed E-state index contributed by atoms with van der Waals surface area (Å²) >= 11 is 0. The minimum atomic E-state index is -2.99. The first-order valence-electron chi connectivity index (χ1n) is 8.90. The first kappa shape index (κ1) is 18.3. The number of benzene rings is 1. The van der Waals surface area contributed by atoms with Crippen LogP contribution in [-0.4, -0.2) is 40.1 Å². The maximum atomic E-state index is 12.5. The lowest BCUT2D eigenvalue weighted by atomic mass is 10.0. The van der Waals surface area contributed by atoms with Crippen LogP contribution < -0.4 is 4.72 Å². The number of pyridine rings is 1. The van der Waals surface area contributed by atoms with Crippen molar-refractivity contribution in [1.82, 2.24) is 14.7 Å². The van der Waals surface area contributed by atoms with Crippen molar-refractivity contribution in [2.24, 2.45) is 0 Å². The maximum absolute atomic E-state index is 12.5. The van der Waals surface area contributed by atoms with E-state index in [1.54, 1.807) is 6.20 Å². The fraction of sp³-hybridized carbons (Fsp3) is 0.316. The molecule has 2 atom stereocenters. The van der Waals surface area contributed by atoms with E-state index in [-0.39, 0.29) is 17.5 Å². The standard InChI is InChI=1S/C19H21N3O3S2/c1-2-14-11-18-17(7-9-20-19(18)21-14)13-3-5-16(6-4-13)26(23)22-15-8-10-27(24,25)12-15/h3-7,9,11,15,22H,2,8,10,12H2,1H3,(H,20,21). The van der Waals surface area contributed by atoms with Gasteiger partial charge in [-0.25, -0.2) is 22.3 Å². The molecule has 0 spiro atoms. The van der Waals surface area contributed by atoms with Gasteiger partial charge in [-0.2, -0.15) is 0 Å². The summed E-state index contributed by atoms with van der Waals surface area (Å²) in [7, 11) is -4.42. The van der Waals surface area contributed by atoms with Crippen molar-refractivity contribution in [2.45, 2.75) is 30.7 Å². The Labute approximate surface area is 160 Å². The van der Waals surface area contributed by atoms with Crippen LogP contribution in [0.5, 0.6) is 0 Å². The van der Waals surface area contributed by atoms with E-state index in [0.29, 0.717) is 11.3 Å².